The Morgan fingerprint density at radius 2 is 2.23 bits per heavy atom. The second kappa shape index (κ2) is 3.09. The molecule has 0 amide bonds. The smallest absolute Gasteiger partial charge is 0.166 e. The first-order valence-corrected chi connectivity index (χ1v) is 4.33. The monoisotopic (exact) mass is 177 g/mol. The van der Waals surface area contributed by atoms with E-state index >= 15 is 0 Å². The Bertz CT molecular complexity index is 347. The minimum atomic E-state index is 0.146. The number of anilines is 1. The van der Waals surface area contributed by atoms with Crippen LogP contribution in [0.5, 0.6) is 5.75 Å². The molecule has 0 fully saturated rings. The topological polar surface area (TPSA) is 52.3 Å². The van der Waals surface area contributed by atoms with Crippen LogP contribution in [-0.2, 0) is 0 Å². The van der Waals surface area contributed by atoms with Crippen molar-refractivity contribution in [1.82, 2.24) is 0 Å². The van der Waals surface area contributed by atoms with Gasteiger partial charge < -0.3 is 10.5 Å². The third-order valence-corrected chi connectivity index (χ3v) is 2.11. The van der Waals surface area contributed by atoms with Gasteiger partial charge >= 0.3 is 0 Å². The van der Waals surface area contributed by atoms with Crippen molar-refractivity contribution < 1.29 is 9.53 Å². The largest absolute Gasteiger partial charge is 0.493 e. The average Bonchev–Trinajstić information content (AvgIpc) is 2.28. The van der Waals surface area contributed by atoms with Gasteiger partial charge in [-0.25, -0.2) is 0 Å². The van der Waals surface area contributed by atoms with Crippen molar-refractivity contribution in [2.75, 3.05) is 12.3 Å². The van der Waals surface area contributed by atoms with Crippen LogP contribution in [0, 0.1) is 0 Å². The highest BCUT2D eigenvalue weighted by atomic mass is 16.5. The molecular formula is C10H11NO2. The zero-order valence-electron chi connectivity index (χ0n) is 7.25. The van der Waals surface area contributed by atoms with E-state index in [0.29, 0.717) is 30.0 Å². The van der Waals surface area contributed by atoms with E-state index in [2.05, 4.69) is 0 Å². The number of rotatable bonds is 0. The van der Waals surface area contributed by atoms with Gasteiger partial charge in [-0.15, -0.1) is 0 Å². The first kappa shape index (κ1) is 8.10. The summed E-state index contributed by atoms with van der Waals surface area (Å²) in [5.74, 6) is 0.773. The third kappa shape index (κ3) is 1.49. The van der Waals surface area contributed by atoms with Gasteiger partial charge in [0.25, 0.3) is 0 Å². The number of hydrogen-bond donors (Lipinski definition) is 1. The van der Waals surface area contributed by atoms with E-state index in [1.165, 1.54) is 0 Å². The maximum absolute atomic E-state index is 11.5. The summed E-state index contributed by atoms with van der Waals surface area (Å²) >= 11 is 0. The molecule has 1 aliphatic rings. The van der Waals surface area contributed by atoms with Crippen LogP contribution in [0.15, 0.2) is 18.2 Å². The molecular weight excluding hydrogens is 166 g/mol. The Morgan fingerprint density at radius 1 is 1.38 bits per heavy atom. The van der Waals surface area contributed by atoms with Crippen molar-refractivity contribution in [2.24, 2.45) is 0 Å². The number of Topliss-reactive ketones (excluding diaryl/α,β-unsaturated/α-hetero) is 1. The second-order valence-corrected chi connectivity index (χ2v) is 3.13. The number of benzene rings is 1. The molecule has 2 rings (SSSR count). The summed E-state index contributed by atoms with van der Waals surface area (Å²) in [5, 5.41) is 0. The van der Waals surface area contributed by atoms with Gasteiger partial charge in [0.15, 0.2) is 5.78 Å². The van der Waals surface area contributed by atoms with Crippen LogP contribution in [0.1, 0.15) is 23.2 Å². The molecule has 3 nitrogen and oxygen atoms in total. The van der Waals surface area contributed by atoms with Crippen LogP contribution in [-0.4, -0.2) is 12.4 Å². The quantitative estimate of drug-likeness (QED) is 0.613. The molecule has 13 heavy (non-hydrogen) atoms. The van der Waals surface area contributed by atoms with E-state index in [9.17, 15) is 4.79 Å². The van der Waals surface area contributed by atoms with E-state index in [1.54, 1.807) is 18.2 Å². The molecule has 0 radical (unpaired) electrons. The van der Waals surface area contributed by atoms with Crippen molar-refractivity contribution in [3.63, 3.8) is 0 Å². The number of carbonyl (C=O) groups excluding carboxylic acids is 1. The molecule has 0 spiro atoms. The lowest BCUT2D eigenvalue weighted by Gasteiger charge is -2.05. The summed E-state index contributed by atoms with van der Waals surface area (Å²) in [7, 11) is 0. The molecule has 0 saturated carbocycles. The highest BCUT2D eigenvalue weighted by Crippen LogP contribution is 2.26. The zero-order valence-corrected chi connectivity index (χ0v) is 7.25. The van der Waals surface area contributed by atoms with E-state index < -0.39 is 0 Å². The van der Waals surface area contributed by atoms with Crippen LogP contribution < -0.4 is 10.5 Å². The molecule has 0 unspecified atom stereocenters. The third-order valence-electron chi connectivity index (χ3n) is 2.11. The van der Waals surface area contributed by atoms with Gasteiger partial charge in [0.2, 0.25) is 0 Å². The maximum atomic E-state index is 11.5. The fourth-order valence-electron chi connectivity index (χ4n) is 1.44. The van der Waals surface area contributed by atoms with Crippen LogP contribution in [0.3, 0.4) is 0 Å². The van der Waals surface area contributed by atoms with Gasteiger partial charge in [-0.05, 0) is 18.6 Å². The van der Waals surface area contributed by atoms with Crippen molar-refractivity contribution >= 4 is 11.5 Å². The molecule has 0 aromatic heterocycles. The molecule has 0 bridgehead atoms. The number of carbonyl (C=O) groups is 1. The van der Waals surface area contributed by atoms with E-state index in [1.807, 2.05) is 0 Å². The SMILES string of the molecule is Nc1ccc2c(c1)OCCCC2=O. The summed E-state index contributed by atoms with van der Waals surface area (Å²) in [6.45, 7) is 0.599. The molecule has 3 heteroatoms. The van der Waals surface area contributed by atoms with Gasteiger partial charge in [-0.1, -0.05) is 0 Å². The Morgan fingerprint density at radius 3 is 3.08 bits per heavy atom. The standard InChI is InChI=1S/C10H11NO2/c11-7-3-4-8-9(12)2-1-5-13-10(8)6-7/h3-4,6H,1-2,5,11H2. The van der Waals surface area contributed by atoms with Gasteiger partial charge in [0, 0.05) is 18.2 Å². The van der Waals surface area contributed by atoms with Crippen LogP contribution >= 0.6 is 0 Å². The lowest BCUT2D eigenvalue weighted by molar-refractivity contribution is 0.0983. The van der Waals surface area contributed by atoms with Gasteiger partial charge in [0.1, 0.15) is 5.75 Å². The zero-order chi connectivity index (χ0) is 9.26. The molecule has 0 aliphatic carbocycles. The number of fused-ring (bicyclic) bond motifs is 1. The molecule has 2 N–H and O–H groups in total. The first-order valence-electron chi connectivity index (χ1n) is 4.33. The summed E-state index contributed by atoms with van der Waals surface area (Å²) in [5.41, 5.74) is 6.88. The number of hydrogen-bond acceptors (Lipinski definition) is 3. The van der Waals surface area contributed by atoms with Gasteiger partial charge in [0.05, 0.1) is 12.2 Å². The van der Waals surface area contributed by atoms with E-state index in [-0.39, 0.29) is 5.78 Å². The number of ketones is 1. The molecule has 0 saturated heterocycles. The lowest BCUT2D eigenvalue weighted by atomic mass is 10.1. The molecule has 1 aromatic carbocycles. The van der Waals surface area contributed by atoms with Gasteiger partial charge in [-0.3, -0.25) is 4.79 Å². The summed E-state index contributed by atoms with van der Waals surface area (Å²) in [6, 6.07) is 5.17. The Labute approximate surface area is 76.5 Å². The van der Waals surface area contributed by atoms with Crippen molar-refractivity contribution in [1.29, 1.82) is 0 Å². The predicted molar refractivity (Wildman–Crippen MR) is 49.9 cm³/mol. The normalized spacial score (nSPS) is 15.8. The maximum Gasteiger partial charge on any atom is 0.166 e. The Hall–Kier alpha value is -1.51. The Balaban J connectivity index is 2.48. The molecule has 1 heterocycles. The minimum absolute atomic E-state index is 0.146. The number of nitrogens with two attached hydrogens (primary N) is 1. The van der Waals surface area contributed by atoms with Crippen LogP contribution in [0.2, 0.25) is 0 Å². The summed E-state index contributed by atoms with van der Waals surface area (Å²) in [6.07, 6.45) is 1.35. The fraction of sp³-hybridized carbons (Fsp3) is 0.300. The highest BCUT2D eigenvalue weighted by molar-refractivity contribution is 5.99. The summed E-state index contributed by atoms with van der Waals surface area (Å²) in [4.78, 5) is 11.5. The average molecular weight is 177 g/mol. The predicted octanol–water partition coefficient (Wildman–Crippen LogP) is 1.62. The molecule has 1 aliphatic heterocycles. The first-order chi connectivity index (χ1) is 6.27. The van der Waals surface area contributed by atoms with E-state index in [0.717, 1.165) is 6.42 Å². The fourth-order valence-corrected chi connectivity index (χ4v) is 1.44. The number of nitrogen functional groups attached to an aromatic ring is 1. The van der Waals surface area contributed by atoms with Crippen molar-refractivity contribution in [3.8, 4) is 5.75 Å². The van der Waals surface area contributed by atoms with Gasteiger partial charge in [-0.2, -0.15) is 0 Å². The number of ether oxygens (including phenoxy) is 1. The summed E-state index contributed by atoms with van der Waals surface area (Å²) < 4.78 is 5.40. The van der Waals surface area contributed by atoms with Crippen molar-refractivity contribution in [2.45, 2.75) is 12.8 Å². The van der Waals surface area contributed by atoms with E-state index in [4.69, 9.17) is 10.5 Å². The second-order valence-electron chi connectivity index (χ2n) is 3.13. The van der Waals surface area contributed by atoms with Crippen LogP contribution in [0.25, 0.3) is 0 Å². The van der Waals surface area contributed by atoms with Crippen LogP contribution in [0.4, 0.5) is 5.69 Å². The lowest BCUT2D eigenvalue weighted by Crippen LogP contribution is -1.98. The molecule has 1 aromatic rings. The Kier molecular flexibility index (Phi) is 1.93. The molecule has 0 atom stereocenters. The highest BCUT2D eigenvalue weighted by Gasteiger charge is 2.15. The molecule has 68 valence electrons. The minimum Gasteiger partial charge on any atom is -0.493 e. The van der Waals surface area contributed by atoms with Crippen molar-refractivity contribution in [3.05, 3.63) is 23.8 Å².